The highest BCUT2D eigenvalue weighted by Crippen LogP contribution is 2.34. The first-order chi connectivity index (χ1) is 14.2. The minimum Gasteiger partial charge on any atom is -0.380 e. The largest absolute Gasteiger partial charge is 0.380 e. The van der Waals surface area contributed by atoms with Crippen LogP contribution in [0.15, 0.2) is 72.9 Å². The van der Waals surface area contributed by atoms with Gasteiger partial charge in [-0.1, -0.05) is 42.5 Å². The molecule has 0 saturated carbocycles. The number of aromatic nitrogens is 1. The minimum absolute atomic E-state index is 0.156. The average molecular weight is 406 g/mol. The van der Waals surface area contributed by atoms with Gasteiger partial charge in [0.15, 0.2) is 0 Å². The highest BCUT2D eigenvalue weighted by Gasteiger charge is 2.24. The summed E-state index contributed by atoms with van der Waals surface area (Å²) in [5.41, 5.74) is 2.21. The summed E-state index contributed by atoms with van der Waals surface area (Å²) in [5.74, 6) is -0.633. The molecule has 146 valence electrons. The van der Waals surface area contributed by atoms with Gasteiger partial charge in [-0.25, -0.2) is 4.39 Å². The van der Waals surface area contributed by atoms with Crippen LogP contribution in [0.4, 0.5) is 4.39 Å². The third kappa shape index (κ3) is 3.90. The molecule has 0 aliphatic carbocycles. The number of hydrogen-bond acceptors (Lipinski definition) is 4. The molecule has 2 aromatic heterocycles. The van der Waals surface area contributed by atoms with Crippen LogP contribution in [0, 0.1) is 5.82 Å². The molecule has 0 spiro atoms. The van der Waals surface area contributed by atoms with Crippen molar-refractivity contribution in [1.82, 2.24) is 10.3 Å². The van der Waals surface area contributed by atoms with Crippen molar-refractivity contribution in [2.45, 2.75) is 12.6 Å². The van der Waals surface area contributed by atoms with E-state index >= 15 is 0 Å². The summed E-state index contributed by atoms with van der Waals surface area (Å²) in [5, 5.41) is 3.52. The van der Waals surface area contributed by atoms with Gasteiger partial charge in [0, 0.05) is 29.0 Å². The number of thiophene rings is 1. The van der Waals surface area contributed by atoms with Gasteiger partial charge >= 0.3 is 0 Å². The predicted octanol–water partition coefficient (Wildman–Crippen LogP) is 5.10. The molecule has 0 saturated heterocycles. The number of benzene rings is 2. The van der Waals surface area contributed by atoms with Crippen LogP contribution < -0.4 is 5.32 Å². The quantitative estimate of drug-likeness (QED) is 0.485. The second-order valence-electron chi connectivity index (χ2n) is 6.53. The Balaban J connectivity index is 1.75. The Kier molecular flexibility index (Phi) is 5.64. The van der Waals surface area contributed by atoms with Crippen molar-refractivity contribution in [3.63, 3.8) is 0 Å². The number of fused-ring (bicyclic) bond motifs is 1. The van der Waals surface area contributed by atoms with Crippen LogP contribution in [0.5, 0.6) is 0 Å². The standard InChI is InChI=1S/C23H19FN2O2S/c1-28-14-16-20-17(24)10-7-12-19(20)29-22(16)23(27)26-21(15-8-3-2-4-9-15)18-11-5-6-13-25-18/h2-13,21H,14H2,1H3,(H,26,27). The van der Waals surface area contributed by atoms with E-state index in [9.17, 15) is 9.18 Å². The van der Waals surface area contributed by atoms with Crippen molar-refractivity contribution in [3.05, 3.63) is 100 Å². The van der Waals surface area contributed by atoms with Crippen LogP contribution in [0.1, 0.15) is 32.5 Å². The van der Waals surface area contributed by atoms with E-state index in [1.165, 1.54) is 24.5 Å². The SMILES string of the molecule is COCc1c(C(=O)NC(c2ccccc2)c2ccccn2)sc2cccc(F)c12. The summed E-state index contributed by atoms with van der Waals surface area (Å²) in [7, 11) is 1.53. The molecule has 1 N–H and O–H groups in total. The van der Waals surface area contributed by atoms with E-state index in [2.05, 4.69) is 10.3 Å². The number of amides is 1. The lowest BCUT2D eigenvalue weighted by molar-refractivity contribution is 0.0942. The maximum Gasteiger partial charge on any atom is 0.262 e. The van der Waals surface area contributed by atoms with Crippen LogP contribution in [-0.2, 0) is 11.3 Å². The fraction of sp³-hybridized carbons (Fsp3) is 0.130. The van der Waals surface area contributed by atoms with E-state index in [4.69, 9.17) is 4.74 Å². The minimum atomic E-state index is -0.421. The zero-order valence-electron chi connectivity index (χ0n) is 15.8. The lowest BCUT2D eigenvalue weighted by Gasteiger charge is -2.19. The molecule has 1 amide bonds. The summed E-state index contributed by atoms with van der Waals surface area (Å²) >= 11 is 1.27. The van der Waals surface area contributed by atoms with Crippen molar-refractivity contribution in [2.24, 2.45) is 0 Å². The molecule has 1 atom stereocenters. The van der Waals surface area contributed by atoms with E-state index in [0.29, 0.717) is 15.8 Å². The van der Waals surface area contributed by atoms with Crippen molar-refractivity contribution in [2.75, 3.05) is 7.11 Å². The molecule has 0 bridgehead atoms. The summed E-state index contributed by atoms with van der Waals surface area (Å²) in [4.78, 5) is 18.1. The van der Waals surface area contributed by atoms with Crippen molar-refractivity contribution in [1.29, 1.82) is 0 Å². The Morgan fingerprint density at radius 3 is 2.62 bits per heavy atom. The van der Waals surface area contributed by atoms with Crippen LogP contribution in [0.2, 0.25) is 0 Å². The van der Waals surface area contributed by atoms with Crippen molar-refractivity contribution in [3.8, 4) is 0 Å². The molecule has 29 heavy (non-hydrogen) atoms. The Morgan fingerprint density at radius 1 is 1.10 bits per heavy atom. The van der Waals surface area contributed by atoms with Gasteiger partial charge in [0.05, 0.1) is 23.2 Å². The molecule has 2 aromatic carbocycles. The predicted molar refractivity (Wildman–Crippen MR) is 112 cm³/mol. The lowest BCUT2D eigenvalue weighted by atomic mass is 10.0. The number of ether oxygens (including phenoxy) is 1. The van der Waals surface area contributed by atoms with Gasteiger partial charge in [-0.05, 0) is 29.8 Å². The molecule has 0 fully saturated rings. The van der Waals surface area contributed by atoms with E-state index in [1.54, 1.807) is 12.3 Å². The molecule has 1 unspecified atom stereocenters. The van der Waals surface area contributed by atoms with Gasteiger partial charge in [-0.15, -0.1) is 11.3 Å². The Labute approximate surface area is 172 Å². The van der Waals surface area contributed by atoms with Crippen LogP contribution in [0.25, 0.3) is 10.1 Å². The summed E-state index contributed by atoms with van der Waals surface area (Å²) in [6.07, 6.45) is 1.70. The summed E-state index contributed by atoms with van der Waals surface area (Å²) < 4.78 is 20.4. The maximum absolute atomic E-state index is 14.4. The van der Waals surface area contributed by atoms with E-state index in [-0.39, 0.29) is 18.3 Å². The number of hydrogen-bond donors (Lipinski definition) is 1. The molecule has 6 heteroatoms. The molecule has 0 radical (unpaired) electrons. The first kappa shape index (κ1) is 19.2. The van der Waals surface area contributed by atoms with E-state index < -0.39 is 6.04 Å². The number of nitrogens with zero attached hydrogens (tertiary/aromatic N) is 1. The van der Waals surface area contributed by atoms with Gasteiger partial charge < -0.3 is 10.1 Å². The van der Waals surface area contributed by atoms with Crippen molar-refractivity contribution < 1.29 is 13.9 Å². The summed E-state index contributed by atoms with van der Waals surface area (Å²) in [6.45, 7) is 0.156. The van der Waals surface area contributed by atoms with E-state index in [1.807, 2.05) is 54.6 Å². The molecular formula is C23H19FN2O2S. The van der Waals surface area contributed by atoms with Gasteiger partial charge in [-0.3, -0.25) is 9.78 Å². The number of rotatable bonds is 6. The molecule has 4 aromatic rings. The maximum atomic E-state index is 14.4. The average Bonchev–Trinajstić information content (AvgIpc) is 3.13. The number of carbonyl (C=O) groups excluding carboxylic acids is 1. The molecule has 2 heterocycles. The number of carbonyl (C=O) groups is 1. The third-order valence-electron chi connectivity index (χ3n) is 4.65. The summed E-state index contributed by atoms with van der Waals surface area (Å²) in [6, 6.07) is 19.7. The smallest absolute Gasteiger partial charge is 0.262 e. The van der Waals surface area contributed by atoms with Gasteiger partial charge in [0.1, 0.15) is 5.82 Å². The molecule has 0 aliphatic heterocycles. The second-order valence-corrected chi connectivity index (χ2v) is 7.58. The Hall–Kier alpha value is -3.09. The van der Waals surface area contributed by atoms with Gasteiger partial charge in [-0.2, -0.15) is 0 Å². The topological polar surface area (TPSA) is 51.2 Å². The highest BCUT2D eigenvalue weighted by molar-refractivity contribution is 7.21. The molecule has 0 aliphatic rings. The third-order valence-corrected chi connectivity index (χ3v) is 5.85. The van der Waals surface area contributed by atoms with Gasteiger partial charge in [0.2, 0.25) is 0 Å². The number of pyridine rings is 1. The highest BCUT2D eigenvalue weighted by atomic mass is 32.1. The Bertz CT molecular complexity index is 1090. The van der Waals surface area contributed by atoms with Crippen LogP contribution >= 0.6 is 11.3 Å². The number of halogens is 1. The first-order valence-electron chi connectivity index (χ1n) is 9.14. The molecule has 4 nitrogen and oxygen atoms in total. The van der Waals surface area contributed by atoms with Gasteiger partial charge in [0.25, 0.3) is 5.91 Å². The van der Waals surface area contributed by atoms with Crippen molar-refractivity contribution >= 4 is 27.3 Å². The zero-order chi connectivity index (χ0) is 20.2. The number of nitrogens with one attached hydrogen (secondary N) is 1. The Morgan fingerprint density at radius 2 is 1.90 bits per heavy atom. The normalized spacial score (nSPS) is 12.1. The second kappa shape index (κ2) is 8.51. The van der Waals surface area contributed by atoms with E-state index in [0.717, 1.165) is 16.0 Å². The zero-order valence-corrected chi connectivity index (χ0v) is 16.6. The first-order valence-corrected chi connectivity index (χ1v) is 9.96. The molecular weight excluding hydrogens is 387 g/mol. The van der Waals surface area contributed by atoms with Crippen LogP contribution in [0.3, 0.4) is 0 Å². The molecule has 4 rings (SSSR count). The van der Waals surface area contributed by atoms with Crippen LogP contribution in [-0.4, -0.2) is 18.0 Å². The fourth-order valence-electron chi connectivity index (χ4n) is 3.35. The number of methoxy groups -OCH3 is 1. The fourth-order valence-corrected chi connectivity index (χ4v) is 4.47. The lowest BCUT2D eigenvalue weighted by Crippen LogP contribution is -2.30. The monoisotopic (exact) mass is 406 g/mol.